The van der Waals surface area contributed by atoms with Gasteiger partial charge in [0.2, 0.25) is 11.0 Å². The third-order valence-corrected chi connectivity index (χ3v) is 4.93. The summed E-state index contributed by atoms with van der Waals surface area (Å²) < 4.78 is 0. The second-order valence-corrected chi connectivity index (χ2v) is 7.79. The fourth-order valence-corrected chi connectivity index (χ4v) is 3.19. The van der Waals surface area contributed by atoms with Crippen LogP contribution >= 0.6 is 22.9 Å². The highest BCUT2D eigenvalue weighted by Gasteiger charge is 2.25. The number of rotatable bonds is 8. The maximum absolute atomic E-state index is 12.6. The lowest BCUT2D eigenvalue weighted by molar-refractivity contribution is -0.118. The lowest BCUT2D eigenvalue weighted by atomic mass is 10.0. The van der Waals surface area contributed by atoms with Crippen molar-refractivity contribution in [1.29, 1.82) is 0 Å². The summed E-state index contributed by atoms with van der Waals surface area (Å²) in [5.74, 6) is -0.712. The minimum atomic E-state index is -0.679. The molecule has 0 spiro atoms. The molecule has 0 aliphatic heterocycles. The highest BCUT2D eigenvalue weighted by atomic mass is 35.5. The summed E-state index contributed by atoms with van der Waals surface area (Å²) in [6, 6.07) is 5.84. The van der Waals surface area contributed by atoms with Gasteiger partial charge in [-0.1, -0.05) is 50.1 Å². The first-order valence-corrected chi connectivity index (χ1v) is 9.79. The zero-order chi connectivity index (χ0) is 19.1. The van der Waals surface area contributed by atoms with Crippen LogP contribution in [0.15, 0.2) is 24.3 Å². The number of halogens is 1. The van der Waals surface area contributed by atoms with E-state index in [2.05, 4.69) is 27.8 Å². The number of unbranched alkanes of at least 4 members (excludes halogenated alkanes) is 1. The Balaban J connectivity index is 2.01. The fraction of sp³-hybridized carbons (Fsp3) is 0.444. The quantitative estimate of drug-likeness (QED) is 0.710. The number of hydrogen-bond donors (Lipinski definition) is 2. The van der Waals surface area contributed by atoms with Gasteiger partial charge in [-0.15, -0.1) is 10.2 Å². The molecule has 1 unspecified atom stereocenters. The van der Waals surface area contributed by atoms with Gasteiger partial charge in [0.1, 0.15) is 11.0 Å². The van der Waals surface area contributed by atoms with Gasteiger partial charge in [-0.25, -0.2) is 0 Å². The van der Waals surface area contributed by atoms with Gasteiger partial charge in [-0.3, -0.25) is 14.9 Å². The number of hydrogen-bond acceptors (Lipinski definition) is 5. The van der Waals surface area contributed by atoms with E-state index in [0.717, 1.165) is 24.3 Å². The van der Waals surface area contributed by atoms with Crippen molar-refractivity contribution < 1.29 is 9.59 Å². The van der Waals surface area contributed by atoms with Crippen LogP contribution in [0.25, 0.3) is 0 Å². The van der Waals surface area contributed by atoms with Crippen molar-refractivity contribution in [2.45, 2.75) is 46.1 Å². The van der Waals surface area contributed by atoms with Crippen molar-refractivity contribution in [3.05, 3.63) is 39.9 Å². The Kier molecular flexibility index (Phi) is 7.53. The normalized spacial score (nSPS) is 12.0. The number of nitrogens with zero attached hydrogens (tertiary/aromatic N) is 2. The molecule has 0 radical (unpaired) electrons. The van der Waals surface area contributed by atoms with E-state index in [1.807, 2.05) is 13.8 Å². The van der Waals surface area contributed by atoms with Crippen molar-refractivity contribution in [3.63, 3.8) is 0 Å². The molecular formula is C18H23ClN4O2S. The van der Waals surface area contributed by atoms with E-state index in [-0.39, 0.29) is 17.7 Å². The molecule has 1 aromatic heterocycles. The number of carbonyl (C=O) groups is 2. The molecule has 2 N–H and O–H groups in total. The second kappa shape index (κ2) is 9.64. The van der Waals surface area contributed by atoms with Crippen LogP contribution in [0.3, 0.4) is 0 Å². The van der Waals surface area contributed by atoms with Crippen molar-refractivity contribution >= 4 is 39.9 Å². The Morgan fingerprint density at radius 3 is 2.50 bits per heavy atom. The van der Waals surface area contributed by atoms with Crippen LogP contribution < -0.4 is 10.6 Å². The molecule has 0 aliphatic carbocycles. The van der Waals surface area contributed by atoms with Gasteiger partial charge in [0.25, 0.3) is 5.91 Å². The molecule has 0 aliphatic rings. The molecule has 2 rings (SSSR count). The molecule has 1 heterocycles. The van der Waals surface area contributed by atoms with Crippen molar-refractivity contribution in [2.75, 3.05) is 5.32 Å². The lowest BCUT2D eigenvalue weighted by Gasteiger charge is -2.21. The summed E-state index contributed by atoms with van der Waals surface area (Å²) in [6.07, 6.45) is 2.97. The van der Waals surface area contributed by atoms with Gasteiger partial charge in [0.05, 0.1) is 0 Å². The molecule has 140 valence electrons. The minimum Gasteiger partial charge on any atom is -0.340 e. The van der Waals surface area contributed by atoms with Crippen LogP contribution in [-0.4, -0.2) is 28.1 Å². The largest absolute Gasteiger partial charge is 0.340 e. The molecule has 0 bridgehead atoms. The molecule has 0 fully saturated rings. The first-order valence-electron chi connectivity index (χ1n) is 8.60. The number of aromatic nitrogens is 2. The van der Waals surface area contributed by atoms with E-state index in [1.54, 1.807) is 24.3 Å². The lowest BCUT2D eigenvalue weighted by Crippen LogP contribution is -2.47. The second-order valence-electron chi connectivity index (χ2n) is 6.30. The highest BCUT2D eigenvalue weighted by Crippen LogP contribution is 2.18. The summed E-state index contributed by atoms with van der Waals surface area (Å²) in [5.41, 5.74) is 0.450. The third-order valence-electron chi connectivity index (χ3n) is 3.78. The Bertz CT molecular complexity index is 746. The summed E-state index contributed by atoms with van der Waals surface area (Å²) in [6.45, 7) is 5.86. The third kappa shape index (κ3) is 5.78. The number of aryl methyl sites for hydroxylation is 1. The summed E-state index contributed by atoms with van der Waals surface area (Å²) in [4.78, 5) is 25.0. The molecule has 2 amide bonds. The summed E-state index contributed by atoms with van der Waals surface area (Å²) in [5, 5.41) is 15.5. The number of benzene rings is 1. The number of carbonyl (C=O) groups excluding carboxylic acids is 2. The average molecular weight is 395 g/mol. The van der Waals surface area contributed by atoms with Crippen LogP contribution in [0.5, 0.6) is 0 Å². The predicted molar refractivity (Wildman–Crippen MR) is 105 cm³/mol. The van der Waals surface area contributed by atoms with Crippen molar-refractivity contribution in [2.24, 2.45) is 5.92 Å². The van der Waals surface area contributed by atoms with E-state index >= 15 is 0 Å². The first-order chi connectivity index (χ1) is 12.4. The van der Waals surface area contributed by atoms with Crippen LogP contribution in [0.2, 0.25) is 5.02 Å². The van der Waals surface area contributed by atoms with E-state index < -0.39 is 6.04 Å². The molecule has 0 saturated heterocycles. The maximum atomic E-state index is 12.6. The molecule has 8 heteroatoms. The van der Waals surface area contributed by atoms with Gasteiger partial charge < -0.3 is 5.32 Å². The van der Waals surface area contributed by atoms with E-state index in [0.29, 0.717) is 15.7 Å². The van der Waals surface area contributed by atoms with Crippen molar-refractivity contribution in [3.8, 4) is 0 Å². The smallest absolute Gasteiger partial charge is 0.251 e. The minimum absolute atomic E-state index is 0.0845. The number of amides is 2. The van der Waals surface area contributed by atoms with E-state index in [4.69, 9.17) is 11.6 Å². The highest BCUT2D eigenvalue weighted by molar-refractivity contribution is 7.15. The summed E-state index contributed by atoms with van der Waals surface area (Å²) in [7, 11) is 0. The van der Waals surface area contributed by atoms with Gasteiger partial charge in [-0.05, 0) is 36.6 Å². The molecule has 26 heavy (non-hydrogen) atoms. The zero-order valence-corrected chi connectivity index (χ0v) is 16.7. The van der Waals surface area contributed by atoms with Crippen LogP contribution in [0, 0.1) is 5.92 Å². The van der Waals surface area contributed by atoms with Crippen LogP contribution in [-0.2, 0) is 11.2 Å². The predicted octanol–water partition coefficient (Wildman–Crippen LogP) is 3.93. The van der Waals surface area contributed by atoms with Gasteiger partial charge in [0, 0.05) is 17.0 Å². The topological polar surface area (TPSA) is 84.0 Å². The van der Waals surface area contributed by atoms with Crippen LogP contribution in [0.1, 0.15) is 49.0 Å². The first kappa shape index (κ1) is 20.3. The average Bonchev–Trinajstić information content (AvgIpc) is 3.05. The van der Waals surface area contributed by atoms with Gasteiger partial charge in [-0.2, -0.15) is 0 Å². The molecular weight excluding hydrogens is 372 g/mol. The fourth-order valence-electron chi connectivity index (χ4n) is 2.28. The molecule has 1 atom stereocenters. The van der Waals surface area contributed by atoms with Crippen molar-refractivity contribution in [1.82, 2.24) is 15.5 Å². The van der Waals surface area contributed by atoms with Gasteiger partial charge in [0.15, 0.2) is 0 Å². The SMILES string of the molecule is CCCCc1nnc(NC(=O)C(NC(=O)c2ccc(Cl)cc2)C(C)C)s1. The maximum Gasteiger partial charge on any atom is 0.251 e. The standard InChI is InChI=1S/C18H23ClN4O2S/c1-4-5-6-14-22-23-18(26-14)21-17(25)15(11(2)3)20-16(24)12-7-9-13(19)10-8-12/h7-11,15H,4-6H2,1-3H3,(H,20,24)(H,21,23,25). The molecule has 2 aromatic rings. The Labute approximate surface area is 162 Å². The molecule has 6 nitrogen and oxygen atoms in total. The zero-order valence-electron chi connectivity index (χ0n) is 15.1. The molecule has 1 aromatic carbocycles. The van der Waals surface area contributed by atoms with Crippen LogP contribution in [0.4, 0.5) is 5.13 Å². The summed E-state index contributed by atoms with van der Waals surface area (Å²) >= 11 is 7.20. The number of nitrogens with one attached hydrogen (secondary N) is 2. The Morgan fingerprint density at radius 1 is 1.19 bits per heavy atom. The van der Waals surface area contributed by atoms with Gasteiger partial charge >= 0.3 is 0 Å². The van der Waals surface area contributed by atoms with E-state index in [1.165, 1.54) is 11.3 Å². The molecule has 0 saturated carbocycles. The monoisotopic (exact) mass is 394 g/mol. The Morgan fingerprint density at radius 2 is 1.88 bits per heavy atom. The number of anilines is 1. The Hall–Kier alpha value is -1.99. The van der Waals surface area contributed by atoms with E-state index in [9.17, 15) is 9.59 Å².